The average Bonchev–Trinajstić information content (AvgIpc) is 3.62. The Balaban J connectivity index is 1.18. The summed E-state index contributed by atoms with van der Waals surface area (Å²) in [5.41, 5.74) is 3.55. The quantitative estimate of drug-likeness (QED) is 0.0894. The lowest BCUT2D eigenvalue weighted by atomic mass is 10.1. The number of nitrogens with zero attached hydrogens (tertiary/aromatic N) is 1. The number of amides is 3. The zero-order valence-electron chi connectivity index (χ0n) is 26.8. The molecule has 0 bridgehead atoms. The summed E-state index contributed by atoms with van der Waals surface area (Å²) in [6.45, 7) is 0. The summed E-state index contributed by atoms with van der Waals surface area (Å²) < 4.78 is 0. The van der Waals surface area contributed by atoms with Crippen LogP contribution in [-0.4, -0.2) is 22.7 Å². The molecule has 0 aliphatic rings. The number of thiazole rings is 1. The van der Waals surface area contributed by atoms with Crippen molar-refractivity contribution < 1.29 is 14.4 Å². The van der Waals surface area contributed by atoms with E-state index in [1.807, 2.05) is 41.8 Å². The van der Waals surface area contributed by atoms with Crippen LogP contribution in [-0.2, 0) is 9.59 Å². The highest BCUT2D eigenvalue weighted by atomic mass is 35.5. The van der Waals surface area contributed by atoms with Gasteiger partial charge in [0.05, 0.1) is 15.7 Å². The van der Waals surface area contributed by atoms with Crippen molar-refractivity contribution in [2.75, 3.05) is 10.6 Å². The largest absolute Gasteiger partial charge is 0.321 e. The van der Waals surface area contributed by atoms with Crippen LogP contribution in [0, 0.1) is 0 Å². The Morgan fingerprint density at radius 3 is 2.13 bits per heavy atom. The molecule has 0 radical (unpaired) electrons. The van der Waals surface area contributed by atoms with Gasteiger partial charge >= 0.3 is 0 Å². The Kier molecular flexibility index (Phi) is 12.3. The summed E-state index contributed by atoms with van der Waals surface area (Å²) in [6.07, 6.45) is 1.48. The topological polar surface area (TPSA) is 100 Å². The molecule has 1 atom stereocenters. The van der Waals surface area contributed by atoms with Crippen LogP contribution in [0.5, 0.6) is 0 Å². The van der Waals surface area contributed by atoms with Crippen molar-refractivity contribution in [1.29, 1.82) is 0 Å². The number of benzene rings is 5. The molecule has 1 aromatic heterocycles. The first kappa shape index (κ1) is 37.2. The summed E-state index contributed by atoms with van der Waals surface area (Å²) in [4.78, 5) is 45.7. The number of carbonyl (C=O) groups excluding carboxylic acids is 3. The minimum absolute atomic E-state index is 0.0261. The molecule has 0 aliphatic carbocycles. The van der Waals surface area contributed by atoms with Gasteiger partial charge in [-0.1, -0.05) is 107 Å². The van der Waals surface area contributed by atoms with Crippen molar-refractivity contribution in [3.8, 4) is 11.3 Å². The van der Waals surface area contributed by atoms with Gasteiger partial charge in [0, 0.05) is 37.1 Å². The van der Waals surface area contributed by atoms with Crippen LogP contribution in [0.25, 0.3) is 17.3 Å². The molecule has 7 nitrogen and oxygen atoms in total. The second-order valence-electron chi connectivity index (χ2n) is 11.1. The molecular weight excluding hydrogens is 778 g/mol. The molecule has 6 rings (SSSR count). The van der Waals surface area contributed by atoms with Crippen molar-refractivity contribution in [2.24, 2.45) is 0 Å². The van der Waals surface area contributed by atoms with Gasteiger partial charge in [-0.25, -0.2) is 4.98 Å². The Hall–Kier alpha value is -4.61. The molecule has 0 spiro atoms. The van der Waals surface area contributed by atoms with Crippen molar-refractivity contribution in [1.82, 2.24) is 10.3 Å². The first-order chi connectivity index (χ1) is 25.1. The second-order valence-corrected chi connectivity index (χ2v) is 14.8. The summed E-state index contributed by atoms with van der Waals surface area (Å²) in [7, 11) is 0. The van der Waals surface area contributed by atoms with E-state index >= 15 is 0 Å². The molecule has 0 saturated heterocycles. The number of hydrogen-bond acceptors (Lipinski definition) is 6. The standard InChI is InChI=1S/C39H26Cl4N4O3S2/c40-27-13-11-25(31(42)21-27)20-33(45-36(48)24-9-5-2-6-10-24)37(49)44-28-14-16-29(17-15-28)52-35(23-7-3-1-4-8-23)38(50)47-39-46-34(22-51-39)26-12-18-30(41)32(43)19-26/h1-22,35H,(H,44,49)(H,45,48)(H,46,47,50)/b33-20-. The Labute approximate surface area is 328 Å². The molecule has 0 saturated carbocycles. The van der Waals surface area contributed by atoms with E-state index in [1.54, 1.807) is 84.9 Å². The first-order valence-corrected chi connectivity index (χ1v) is 18.8. The lowest BCUT2D eigenvalue weighted by molar-refractivity contribution is -0.116. The molecule has 13 heteroatoms. The van der Waals surface area contributed by atoms with Crippen LogP contribution in [0.3, 0.4) is 0 Å². The Bertz CT molecular complexity index is 2270. The SMILES string of the molecule is O=C(Nc1ccc(SC(C(=O)Nc2nc(-c3ccc(Cl)c(Cl)c3)cs2)c2ccccc2)cc1)/C(=C/c1ccc(Cl)cc1Cl)NC(=O)c1ccccc1. The van der Waals surface area contributed by atoms with Gasteiger partial charge in [0.15, 0.2) is 5.13 Å². The molecule has 260 valence electrons. The smallest absolute Gasteiger partial charge is 0.272 e. The van der Waals surface area contributed by atoms with Crippen LogP contribution in [0.1, 0.15) is 26.7 Å². The normalized spacial score (nSPS) is 11.8. The van der Waals surface area contributed by atoms with Crippen LogP contribution in [0.15, 0.2) is 137 Å². The van der Waals surface area contributed by atoms with E-state index in [1.165, 1.54) is 29.2 Å². The highest BCUT2D eigenvalue weighted by molar-refractivity contribution is 8.00. The van der Waals surface area contributed by atoms with E-state index in [-0.39, 0.29) is 11.6 Å². The highest BCUT2D eigenvalue weighted by Crippen LogP contribution is 2.38. The fourth-order valence-corrected chi connectivity index (χ4v) is 7.37. The average molecular weight is 805 g/mol. The summed E-state index contributed by atoms with van der Waals surface area (Å²) in [6, 6.07) is 35.1. The van der Waals surface area contributed by atoms with Gasteiger partial charge in [-0.15, -0.1) is 23.1 Å². The van der Waals surface area contributed by atoms with Crippen molar-refractivity contribution in [3.05, 3.63) is 169 Å². The van der Waals surface area contributed by atoms with Gasteiger partial charge in [-0.2, -0.15) is 0 Å². The van der Waals surface area contributed by atoms with E-state index in [0.717, 1.165) is 16.0 Å². The molecule has 0 aliphatic heterocycles. The van der Waals surface area contributed by atoms with E-state index < -0.39 is 17.1 Å². The molecule has 3 N–H and O–H groups in total. The van der Waals surface area contributed by atoms with E-state index in [0.29, 0.717) is 47.7 Å². The predicted octanol–water partition coefficient (Wildman–Crippen LogP) is 11.3. The third-order valence-electron chi connectivity index (χ3n) is 7.45. The third-order valence-corrected chi connectivity index (χ3v) is 10.8. The van der Waals surface area contributed by atoms with Crippen LogP contribution in [0.4, 0.5) is 10.8 Å². The number of halogens is 4. The number of thioether (sulfide) groups is 1. The monoisotopic (exact) mass is 802 g/mol. The molecule has 5 aromatic carbocycles. The molecular formula is C39H26Cl4N4O3S2. The van der Waals surface area contributed by atoms with Gasteiger partial charge in [0.25, 0.3) is 11.8 Å². The Morgan fingerprint density at radius 1 is 0.731 bits per heavy atom. The number of nitrogens with one attached hydrogen (secondary N) is 3. The van der Waals surface area contributed by atoms with Crippen molar-refractivity contribution in [2.45, 2.75) is 10.1 Å². The van der Waals surface area contributed by atoms with E-state index in [9.17, 15) is 14.4 Å². The number of hydrogen-bond donors (Lipinski definition) is 3. The number of carbonyl (C=O) groups is 3. The summed E-state index contributed by atoms with van der Waals surface area (Å²) in [5, 5.41) is 11.8. The van der Waals surface area contributed by atoms with E-state index in [2.05, 4.69) is 20.9 Å². The maximum absolute atomic E-state index is 13.7. The molecule has 1 unspecified atom stereocenters. The van der Waals surface area contributed by atoms with Gasteiger partial charge in [-0.3, -0.25) is 14.4 Å². The highest BCUT2D eigenvalue weighted by Gasteiger charge is 2.24. The predicted molar refractivity (Wildman–Crippen MR) is 215 cm³/mol. The summed E-state index contributed by atoms with van der Waals surface area (Å²) >= 11 is 27.4. The molecule has 3 amide bonds. The second kappa shape index (κ2) is 17.3. The molecule has 0 fully saturated rings. The third kappa shape index (κ3) is 9.63. The van der Waals surface area contributed by atoms with Crippen LogP contribution < -0.4 is 16.0 Å². The van der Waals surface area contributed by atoms with E-state index in [4.69, 9.17) is 46.4 Å². The van der Waals surface area contributed by atoms with Gasteiger partial charge < -0.3 is 16.0 Å². The molecule has 6 aromatic rings. The van der Waals surface area contributed by atoms with Crippen molar-refractivity contribution >= 4 is 104 Å². The number of anilines is 2. The van der Waals surface area contributed by atoms with Crippen molar-refractivity contribution in [3.63, 3.8) is 0 Å². The lowest BCUT2D eigenvalue weighted by Crippen LogP contribution is -2.30. The number of aromatic nitrogens is 1. The zero-order valence-corrected chi connectivity index (χ0v) is 31.4. The minimum atomic E-state index is -0.620. The lowest BCUT2D eigenvalue weighted by Gasteiger charge is -2.17. The fraction of sp³-hybridized carbons (Fsp3) is 0.0256. The van der Waals surface area contributed by atoms with Gasteiger partial charge in [0.2, 0.25) is 5.91 Å². The van der Waals surface area contributed by atoms with Crippen LogP contribution >= 0.6 is 69.5 Å². The maximum atomic E-state index is 13.7. The first-order valence-electron chi connectivity index (χ1n) is 15.5. The Morgan fingerprint density at radius 2 is 1.44 bits per heavy atom. The fourth-order valence-electron chi connectivity index (χ4n) is 4.86. The zero-order chi connectivity index (χ0) is 36.6. The van der Waals surface area contributed by atoms with Gasteiger partial charge in [-0.05, 0) is 77.9 Å². The molecule has 1 heterocycles. The van der Waals surface area contributed by atoms with Crippen LogP contribution in [0.2, 0.25) is 20.1 Å². The maximum Gasteiger partial charge on any atom is 0.272 e. The minimum Gasteiger partial charge on any atom is -0.321 e. The van der Waals surface area contributed by atoms with Gasteiger partial charge in [0.1, 0.15) is 10.9 Å². The summed E-state index contributed by atoms with van der Waals surface area (Å²) in [5.74, 6) is -1.29. The molecule has 52 heavy (non-hydrogen) atoms. The number of rotatable bonds is 11.